The van der Waals surface area contributed by atoms with Crippen LogP contribution in [0.5, 0.6) is 5.75 Å². The maximum atomic E-state index is 12.7. The average Bonchev–Trinajstić information content (AvgIpc) is 3.07. The first kappa shape index (κ1) is 19.5. The van der Waals surface area contributed by atoms with Crippen LogP contribution in [0.4, 0.5) is 0 Å². The lowest BCUT2D eigenvalue weighted by atomic mass is 9.99. The number of benzene rings is 3. The molecule has 0 bridgehead atoms. The topological polar surface area (TPSA) is 65.0 Å². The lowest BCUT2D eigenvalue weighted by Gasteiger charge is -2.10. The highest BCUT2D eigenvalue weighted by molar-refractivity contribution is 7.86. The van der Waals surface area contributed by atoms with Crippen molar-refractivity contribution >= 4 is 26.6 Å². The monoisotopic (exact) mass is 409 g/mol. The van der Waals surface area contributed by atoms with Gasteiger partial charge in [0.05, 0.1) is 5.56 Å². The molecule has 0 fully saturated rings. The molecule has 1 heterocycles. The highest BCUT2D eigenvalue weighted by atomic mass is 32.2. The minimum absolute atomic E-state index is 0.0821. The van der Waals surface area contributed by atoms with E-state index in [1.54, 1.807) is 12.1 Å². The Balaban J connectivity index is 1.67. The van der Waals surface area contributed by atoms with Crippen LogP contribution < -0.4 is 4.74 Å². The van der Waals surface area contributed by atoms with E-state index in [0.717, 1.165) is 28.3 Å². The predicted octanol–water partition coefficient (Wildman–Crippen LogP) is 5.24. The highest BCUT2D eigenvalue weighted by Gasteiger charge is 2.30. The minimum Gasteiger partial charge on any atom is -0.484 e. The van der Waals surface area contributed by atoms with Crippen molar-refractivity contribution in [3.63, 3.8) is 0 Å². The molecule has 150 valence electrons. The Bertz CT molecular complexity index is 1180. The van der Waals surface area contributed by atoms with Gasteiger partial charge in [-0.25, -0.2) is 0 Å². The fourth-order valence-corrected chi connectivity index (χ4v) is 4.25. The molecule has 0 N–H and O–H groups in total. The zero-order valence-corrected chi connectivity index (χ0v) is 17.4. The molecule has 0 aliphatic carbocycles. The van der Waals surface area contributed by atoms with E-state index in [1.807, 2.05) is 55.5 Å². The minimum atomic E-state index is -4.02. The summed E-state index contributed by atoms with van der Waals surface area (Å²) >= 11 is 0. The van der Waals surface area contributed by atoms with Crippen molar-refractivity contribution in [2.75, 3.05) is 0 Å². The van der Waals surface area contributed by atoms with Gasteiger partial charge in [-0.1, -0.05) is 61.5 Å². The molecular weight excluding hydrogens is 386 g/mol. The summed E-state index contributed by atoms with van der Waals surface area (Å²) in [5, 5.41) is 6.00. The molecule has 29 heavy (non-hydrogen) atoms. The van der Waals surface area contributed by atoms with Crippen LogP contribution in [0, 0.1) is 0 Å². The van der Waals surface area contributed by atoms with Gasteiger partial charge < -0.3 is 4.74 Å². The van der Waals surface area contributed by atoms with Crippen molar-refractivity contribution in [2.24, 2.45) is 5.16 Å². The molecule has 1 aliphatic heterocycles. The van der Waals surface area contributed by atoms with Gasteiger partial charge in [-0.15, -0.1) is 0 Å². The van der Waals surface area contributed by atoms with E-state index in [9.17, 15) is 8.42 Å². The Morgan fingerprint density at radius 3 is 2.52 bits per heavy atom. The third-order valence-corrected chi connectivity index (χ3v) is 6.54. The largest absolute Gasteiger partial charge is 0.484 e. The Labute approximate surface area is 171 Å². The number of hydrogen-bond donors (Lipinski definition) is 0. The van der Waals surface area contributed by atoms with Crippen molar-refractivity contribution < 1.29 is 17.4 Å². The first-order valence-corrected chi connectivity index (χ1v) is 11.1. The molecular formula is C23H23NO4S. The predicted molar refractivity (Wildman–Crippen MR) is 114 cm³/mol. The summed E-state index contributed by atoms with van der Waals surface area (Å²) in [6.07, 6.45) is 0.584. The molecule has 0 radical (unpaired) electrons. The van der Waals surface area contributed by atoms with Crippen LogP contribution in [0.1, 0.15) is 44.2 Å². The van der Waals surface area contributed by atoms with Gasteiger partial charge in [-0.2, -0.15) is 8.42 Å². The third kappa shape index (κ3) is 3.60. The van der Waals surface area contributed by atoms with Gasteiger partial charge in [0.1, 0.15) is 22.5 Å². The van der Waals surface area contributed by atoms with Crippen LogP contribution in [-0.4, -0.2) is 20.2 Å². The normalized spacial score (nSPS) is 18.4. The van der Waals surface area contributed by atoms with Crippen LogP contribution in [0.3, 0.4) is 0 Å². The van der Waals surface area contributed by atoms with E-state index in [4.69, 9.17) is 9.02 Å². The second-order valence-corrected chi connectivity index (χ2v) is 8.83. The second-order valence-electron chi connectivity index (χ2n) is 7.30. The van der Waals surface area contributed by atoms with Crippen LogP contribution in [0.15, 0.2) is 70.7 Å². The summed E-state index contributed by atoms with van der Waals surface area (Å²) in [5.74, 6) is 1.04. The van der Waals surface area contributed by atoms with Gasteiger partial charge in [0.15, 0.2) is 0 Å². The molecule has 4 rings (SSSR count). The summed E-state index contributed by atoms with van der Waals surface area (Å²) in [6.45, 7) is 6.03. The Morgan fingerprint density at radius 1 is 1.07 bits per heavy atom. The van der Waals surface area contributed by atoms with E-state index >= 15 is 0 Å². The summed E-state index contributed by atoms with van der Waals surface area (Å²) in [7, 11) is -4.02. The summed E-state index contributed by atoms with van der Waals surface area (Å²) in [6, 6.07) is 18.5. The molecule has 3 aromatic carbocycles. The van der Waals surface area contributed by atoms with Crippen LogP contribution in [0.25, 0.3) is 10.8 Å². The van der Waals surface area contributed by atoms with Crippen LogP contribution in [0.2, 0.25) is 0 Å². The van der Waals surface area contributed by atoms with E-state index in [-0.39, 0.29) is 4.90 Å². The first-order valence-electron chi connectivity index (χ1n) is 9.71. The average molecular weight is 410 g/mol. The number of fused-ring (bicyclic) bond motifs is 3. The van der Waals surface area contributed by atoms with Crippen LogP contribution in [-0.2, 0) is 14.4 Å². The molecule has 0 amide bonds. The number of rotatable bonds is 5. The molecule has 5 nitrogen and oxygen atoms in total. The van der Waals surface area contributed by atoms with E-state index in [2.05, 4.69) is 19.0 Å². The molecule has 2 atom stereocenters. The van der Waals surface area contributed by atoms with Crippen molar-refractivity contribution in [3.8, 4) is 5.75 Å². The second kappa shape index (κ2) is 7.52. The smallest absolute Gasteiger partial charge is 0.358 e. The van der Waals surface area contributed by atoms with E-state index in [1.165, 1.54) is 0 Å². The molecule has 3 aromatic rings. The molecule has 0 saturated carbocycles. The first-order chi connectivity index (χ1) is 13.9. The fourth-order valence-electron chi connectivity index (χ4n) is 3.51. The maximum absolute atomic E-state index is 12.7. The lowest BCUT2D eigenvalue weighted by molar-refractivity contribution is 0.291. The van der Waals surface area contributed by atoms with Gasteiger partial charge >= 0.3 is 10.1 Å². The molecule has 1 aliphatic rings. The summed E-state index contributed by atoms with van der Waals surface area (Å²) in [4.78, 5) is 0.0821. The van der Waals surface area contributed by atoms with E-state index in [0.29, 0.717) is 17.4 Å². The summed E-state index contributed by atoms with van der Waals surface area (Å²) < 4.78 is 36.2. The lowest BCUT2D eigenvalue weighted by Crippen LogP contribution is -2.18. The van der Waals surface area contributed by atoms with Crippen LogP contribution >= 0.6 is 0 Å². The Kier molecular flexibility index (Phi) is 5.04. The van der Waals surface area contributed by atoms with Crippen molar-refractivity contribution in [1.82, 2.24) is 0 Å². The Morgan fingerprint density at radius 2 is 1.79 bits per heavy atom. The van der Waals surface area contributed by atoms with Crippen molar-refractivity contribution in [1.29, 1.82) is 0 Å². The zero-order chi connectivity index (χ0) is 20.6. The number of hydrogen-bond acceptors (Lipinski definition) is 5. The standard InChI is InChI=1S/C23H23NO4S/c1-4-15(2)17-9-12-19(13-10-17)29(25,26)28-24-23-16(3)27-21-14-11-18-7-5-6-8-20(18)22(21)23/h5-16H,4H2,1-3H3/b24-23-. The maximum Gasteiger partial charge on any atom is 0.358 e. The summed E-state index contributed by atoms with van der Waals surface area (Å²) in [5.41, 5.74) is 2.34. The molecule has 0 saturated heterocycles. The van der Waals surface area contributed by atoms with Gasteiger partial charge in [-0.3, -0.25) is 4.28 Å². The number of oxime groups is 1. The molecule has 2 unspecified atom stereocenters. The fraction of sp³-hybridized carbons (Fsp3) is 0.261. The van der Waals surface area contributed by atoms with E-state index < -0.39 is 16.2 Å². The molecule has 6 heteroatoms. The van der Waals surface area contributed by atoms with Crippen molar-refractivity contribution in [3.05, 3.63) is 71.8 Å². The van der Waals surface area contributed by atoms with Gasteiger partial charge in [-0.05, 0) is 53.8 Å². The van der Waals surface area contributed by atoms with Gasteiger partial charge in [0.25, 0.3) is 0 Å². The Hall–Kier alpha value is -2.86. The molecule has 0 spiro atoms. The van der Waals surface area contributed by atoms with Gasteiger partial charge in [0, 0.05) is 0 Å². The zero-order valence-electron chi connectivity index (χ0n) is 16.6. The number of ether oxygens (including phenoxy) is 1. The SMILES string of the molecule is CCC(C)c1ccc(S(=O)(=O)O/N=C2\c3c(ccc4ccccc34)OC2C)cc1. The quantitative estimate of drug-likeness (QED) is 0.540. The molecule has 0 aromatic heterocycles. The van der Waals surface area contributed by atoms with Gasteiger partial charge in [0.2, 0.25) is 0 Å². The third-order valence-electron chi connectivity index (χ3n) is 5.42. The highest BCUT2D eigenvalue weighted by Crippen LogP contribution is 2.35. The number of nitrogens with zero attached hydrogens (tertiary/aromatic N) is 1. The van der Waals surface area contributed by atoms with Crippen molar-refractivity contribution in [2.45, 2.75) is 44.1 Å².